The molecule has 1 aromatic rings. The molecule has 9 heteroatoms. The van der Waals surface area contributed by atoms with Crippen molar-refractivity contribution in [1.82, 2.24) is 15.3 Å². The maximum atomic E-state index is 12.0. The maximum absolute atomic E-state index is 12.0. The van der Waals surface area contributed by atoms with Crippen LogP contribution in [-0.2, 0) is 14.4 Å². The van der Waals surface area contributed by atoms with E-state index in [0.717, 1.165) is 0 Å². The van der Waals surface area contributed by atoms with Crippen molar-refractivity contribution in [3.8, 4) is 0 Å². The predicted molar refractivity (Wildman–Crippen MR) is 68.1 cm³/mol. The lowest BCUT2D eigenvalue weighted by molar-refractivity contribution is -0.169. The Labute approximate surface area is 123 Å². The van der Waals surface area contributed by atoms with E-state index in [1.54, 1.807) is 12.1 Å². The van der Waals surface area contributed by atoms with Gasteiger partial charge in [-0.25, -0.2) is 9.59 Å². The quantitative estimate of drug-likeness (QED) is 0.583. The fourth-order valence-corrected chi connectivity index (χ4v) is 2.13. The van der Waals surface area contributed by atoms with Crippen LogP contribution < -0.4 is 5.32 Å². The van der Waals surface area contributed by atoms with Crippen LogP contribution in [0.5, 0.6) is 0 Å². The Hall–Kier alpha value is -3.23. The molecule has 0 spiro atoms. The number of hydrogen-bond donors (Lipinski definition) is 1. The summed E-state index contributed by atoms with van der Waals surface area (Å²) in [5.41, 5.74) is 0.241. The number of nitrogens with one attached hydrogen (secondary N) is 1. The summed E-state index contributed by atoms with van der Waals surface area (Å²) in [5.74, 6) is -3.21. The lowest BCUT2D eigenvalue weighted by Gasteiger charge is -2.15. The van der Waals surface area contributed by atoms with Crippen molar-refractivity contribution in [2.75, 3.05) is 13.1 Å². The Morgan fingerprint density at radius 2 is 1.68 bits per heavy atom. The molecule has 0 aliphatic carbocycles. The van der Waals surface area contributed by atoms with Crippen LogP contribution in [-0.4, -0.2) is 52.8 Å². The highest BCUT2D eigenvalue weighted by Crippen LogP contribution is 2.22. The molecular weight excluding hydrogens is 294 g/mol. The van der Waals surface area contributed by atoms with Gasteiger partial charge in [-0.15, -0.1) is 0 Å². The van der Waals surface area contributed by atoms with E-state index in [4.69, 9.17) is 4.84 Å². The number of urea groups is 1. The minimum atomic E-state index is -1.07. The minimum absolute atomic E-state index is 0.121. The third-order valence-electron chi connectivity index (χ3n) is 3.17. The van der Waals surface area contributed by atoms with E-state index in [2.05, 4.69) is 5.32 Å². The zero-order valence-corrected chi connectivity index (χ0v) is 11.1. The summed E-state index contributed by atoms with van der Waals surface area (Å²) < 4.78 is 0. The second-order valence-corrected chi connectivity index (χ2v) is 4.55. The molecule has 5 amide bonds. The van der Waals surface area contributed by atoms with Gasteiger partial charge in [0.15, 0.2) is 0 Å². The average molecular weight is 303 g/mol. The molecule has 1 saturated heterocycles. The van der Waals surface area contributed by atoms with Crippen LogP contribution in [0.2, 0.25) is 0 Å². The van der Waals surface area contributed by atoms with E-state index in [9.17, 15) is 24.0 Å². The Bertz CT molecular complexity index is 677. The number of nitrogens with zero attached hydrogens (tertiary/aromatic N) is 2. The van der Waals surface area contributed by atoms with Crippen LogP contribution in [0.15, 0.2) is 24.3 Å². The van der Waals surface area contributed by atoms with Gasteiger partial charge in [0.25, 0.3) is 17.7 Å². The smallest absolute Gasteiger partial charge is 0.329 e. The van der Waals surface area contributed by atoms with Crippen molar-refractivity contribution in [3.63, 3.8) is 0 Å². The standard InChI is InChI=1S/C13H9N3O6/c17-9-5-14-13(21)15(9)6-10(18)22-16-11(19)7-3-1-2-4-8(7)12(16)20/h1-4H,5-6H2,(H,14,21). The highest BCUT2D eigenvalue weighted by atomic mass is 16.7. The van der Waals surface area contributed by atoms with Gasteiger partial charge in [0, 0.05) is 0 Å². The third kappa shape index (κ3) is 2.08. The van der Waals surface area contributed by atoms with Gasteiger partial charge in [0.2, 0.25) is 0 Å². The number of imide groups is 2. The predicted octanol–water partition coefficient (Wildman–Crippen LogP) is -0.707. The van der Waals surface area contributed by atoms with Crippen LogP contribution in [0.25, 0.3) is 0 Å². The third-order valence-corrected chi connectivity index (χ3v) is 3.17. The van der Waals surface area contributed by atoms with Crippen LogP contribution in [0.3, 0.4) is 0 Å². The fraction of sp³-hybridized carbons (Fsp3) is 0.154. The molecule has 0 unspecified atom stereocenters. The summed E-state index contributed by atoms with van der Waals surface area (Å²) in [6.07, 6.45) is 0. The van der Waals surface area contributed by atoms with E-state index >= 15 is 0 Å². The molecule has 1 fully saturated rings. The molecule has 0 saturated carbocycles. The number of rotatable bonds is 3. The van der Waals surface area contributed by atoms with Gasteiger partial charge < -0.3 is 10.2 Å². The Balaban J connectivity index is 1.71. The average Bonchev–Trinajstić information content (AvgIpc) is 2.94. The number of fused-ring (bicyclic) bond motifs is 1. The number of hydroxylamine groups is 2. The number of hydrogen-bond acceptors (Lipinski definition) is 6. The molecule has 0 atom stereocenters. The van der Waals surface area contributed by atoms with E-state index < -0.39 is 36.3 Å². The molecule has 1 N–H and O–H groups in total. The largest absolute Gasteiger partial charge is 0.353 e. The molecule has 2 aliphatic heterocycles. The topological polar surface area (TPSA) is 113 Å². The van der Waals surface area contributed by atoms with Gasteiger partial charge in [0.1, 0.15) is 6.54 Å². The summed E-state index contributed by atoms with van der Waals surface area (Å²) in [4.78, 5) is 63.7. The fourth-order valence-electron chi connectivity index (χ4n) is 2.13. The summed E-state index contributed by atoms with van der Waals surface area (Å²) in [6, 6.07) is 5.27. The van der Waals surface area contributed by atoms with Gasteiger partial charge in [-0.3, -0.25) is 19.3 Å². The molecule has 0 bridgehead atoms. The van der Waals surface area contributed by atoms with Gasteiger partial charge in [-0.1, -0.05) is 17.2 Å². The zero-order valence-electron chi connectivity index (χ0n) is 11.1. The van der Waals surface area contributed by atoms with Gasteiger partial charge in [-0.05, 0) is 12.1 Å². The molecule has 1 aromatic carbocycles. The summed E-state index contributed by atoms with van der Waals surface area (Å²) in [5, 5.41) is 2.56. The van der Waals surface area contributed by atoms with E-state index in [1.165, 1.54) is 12.1 Å². The van der Waals surface area contributed by atoms with E-state index in [1.807, 2.05) is 0 Å². The lowest BCUT2D eigenvalue weighted by atomic mass is 10.1. The minimum Gasteiger partial charge on any atom is -0.329 e. The first kappa shape index (κ1) is 13.7. The Morgan fingerprint density at radius 1 is 1.09 bits per heavy atom. The second kappa shape index (κ2) is 4.95. The first-order valence-corrected chi connectivity index (χ1v) is 6.26. The molecule has 2 heterocycles. The van der Waals surface area contributed by atoms with Crippen LogP contribution in [0.1, 0.15) is 20.7 Å². The van der Waals surface area contributed by atoms with Crippen molar-refractivity contribution in [1.29, 1.82) is 0 Å². The number of benzene rings is 1. The summed E-state index contributed by atoms with van der Waals surface area (Å²) in [6.45, 7) is -0.892. The monoisotopic (exact) mass is 303 g/mol. The lowest BCUT2D eigenvalue weighted by Crippen LogP contribution is -2.40. The molecular formula is C13H9N3O6. The van der Waals surface area contributed by atoms with Gasteiger partial charge in [0.05, 0.1) is 17.7 Å². The second-order valence-electron chi connectivity index (χ2n) is 4.55. The molecule has 0 radical (unpaired) electrons. The van der Waals surface area contributed by atoms with E-state index in [0.29, 0.717) is 9.96 Å². The van der Waals surface area contributed by atoms with Gasteiger partial charge >= 0.3 is 12.0 Å². The zero-order chi connectivity index (χ0) is 15.9. The van der Waals surface area contributed by atoms with E-state index in [-0.39, 0.29) is 17.7 Å². The first-order chi connectivity index (χ1) is 10.5. The first-order valence-electron chi connectivity index (χ1n) is 6.26. The summed E-state index contributed by atoms with van der Waals surface area (Å²) in [7, 11) is 0. The highest BCUT2D eigenvalue weighted by Gasteiger charge is 2.39. The Morgan fingerprint density at radius 3 is 2.18 bits per heavy atom. The van der Waals surface area contributed by atoms with Crippen molar-refractivity contribution < 1.29 is 28.8 Å². The van der Waals surface area contributed by atoms with Gasteiger partial charge in [-0.2, -0.15) is 0 Å². The van der Waals surface area contributed by atoms with Crippen molar-refractivity contribution >= 4 is 29.7 Å². The number of carbonyl (C=O) groups is 5. The molecule has 22 heavy (non-hydrogen) atoms. The summed E-state index contributed by atoms with van der Waals surface area (Å²) >= 11 is 0. The molecule has 3 rings (SSSR count). The highest BCUT2D eigenvalue weighted by molar-refractivity contribution is 6.21. The maximum Gasteiger partial charge on any atom is 0.353 e. The Kier molecular flexibility index (Phi) is 3.09. The van der Waals surface area contributed by atoms with Crippen LogP contribution in [0.4, 0.5) is 4.79 Å². The number of carbonyl (C=O) groups excluding carboxylic acids is 5. The molecule has 2 aliphatic rings. The van der Waals surface area contributed by atoms with Crippen molar-refractivity contribution in [2.24, 2.45) is 0 Å². The van der Waals surface area contributed by atoms with Crippen LogP contribution >= 0.6 is 0 Å². The van der Waals surface area contributed by atoms with Crippen LogP contribution in [0, 0.1) is 0 Å². The molecule has 112 valence electrons. The number of amides is 5. The SMILES string of the molecule is O=C(CN1C(=O)CNC1=O)ON1C(=O)c2ccccc2C1=O. The molecule has 0 aromatic heterocycles. The van der Waals surface area contributed by atoms with Crippen molar-refractivity contribution in [3.05, 3.63) is 35.4 Å². The van der Waals surface area contributed by atoms with Crippen molar-refractivity contribution in [2.45, 2.75) is 0 Å². The normalized spacial score (nSPS) is 16.9. The molecule has 9 nitrogen and oxygen atoms in total.